The maximum atomic E-state index is 9.25. The fourth-order valence-corrected chi connectivity index (χ4v) is 1.74. The van der Waals surface area contributed by atoms with Crippen LogP contribution in [-0.4, -0.2) is 36.2 Å². The van der Waals surface area contributed by atoms with Crippen molar-refractivity contribution in [1.82, 2.24) is 4.90 Å². The van der Waals surface area contributed by atoms with Gasteiger partial charge in [0.25, 0.3) is 0 Å². The average molecular weight is 193 g/mol. The Hall–Kier alpha value is -1.22. The van der Waals surface area contributed by atoms with E-state index < -0.39 is 0 Å². The molecule has 1 aromatic rings. The Morgan fingerprint density at radius 2 is 2.36 bits per heavy atom. The van der Waals surface area contributed by atoms with Crippen LogP contribution in [0.3, 0.4) is 0 Å². The Labute approximate surface area is 83.9 Å². The minimum absolute atomic E-state index is 0.258. The molecule has 1 aliphatic heterocycles. The number of hydrogen-bond acceptors (Lipinski definition) is 3. The first-order valence-electron chi connectivity index (χ1n) is 4.88. The molecular formula is C11H15NO2. The number of hydrogen-bond donors (Lipinski definition) is 1. The Morgan fingerprint density at radius 3 is 3.00 bits per heavy atom. The van der Waals surface area contributed by atoms with Gasteiger partial charge in [-0.1, -0.05) is 6.07 Å². The van der Waals surface area contributed by atoms with Crippen molar-refractivity contribution in [1.29, 1.82) is 0 Å². The molecule has 1 fully saturated rings. The predicted octanol–water partition coefficient (Wildman–Crippen LogP) is 1.48. The molecule has 1 aromatic carbocycles. The molecule has 0 amide bonds. The van der Waals surface area contributed by atoms with Gasteiger partial charge in [0.15, 0.2) is 0 Å². The SMILES string of the molecule is CN1CCC(Oc2cccc(O)c2)C1. The molecule has 2 rings (SSSR count). The maximum absolute atomic E-state index is 9.25. The van der Waals surface area contributed by atoms with E-state index in [1.54, 1.807) is 18.2 Å². The molecule has 1 atom stereocenters. The summed E-state index contributed by atoms with van der Waals surface area (Å²) in [5, 5.41) is 9.25. The Kier molecular flexibility index (Phi) is 2.59. The second-order valence-corrected chi connectivity index (χ2v) is 3.79. The summed E-state index contributed by atoms with van der Waals surface area (Å²) in [6, 6.07) is 6.97. The Balaban J connectivity index is 1.97. The predicted molar refractivity (Wildman–Crippen MR) is 54.6 cm³/mol. The molecule has 14 heavy (non-hydrogen) atoms. The van der Waals surface area contributed by atoms with Crippen LogP contribution in [0.4, 0.5) is 0 Å². The van der Waals surface area contributed by atoms with Crippen molar-refractivity contribution in [2.45, 2.75) is 12.5 Å². The van der Waals surface area contributed by atoms with Gasteiger partial charge in [0.2, 0.25) is 0 Å². The molecule has 0 aromatic heterocycles. The van der Waals surface area contributed by atoms with Crippen LogP contribution in [0, 0.1) is 0 Å². The van der Waals surface area contributed by atoms with E-state index in [0.29, 0.717) is 0 Å². The lowest BCUT2D eigenvalue weighted by molar-refractivity contribution is 0.207. The van der Waals surface area contributed by atoms with Gasteiger partial charge in [0, 0.05) is 19.2 Å². The highest BCUT2D eigenvalue weighted by molar-refractivity contribution is 5.31. The third kappa shape index (κ3) is 2.17. The molecule has 1 unspecified atom stereocenters. The van der Waals surface area contributed by atoms with Crippen molar-refractivity contribution in [3.8, 4) is 11.5 Å². The second-order valence-electron chi connectivity index (χ2n) is 3.79. The summed E-state index contributed by atoms with van der Waals surface area (Å²) in [4.78, 5) is 2.24. The van der Waals surface area contributed by atoms with E-state index in [2.05, 4.69) is 11.9 Å². The quantitative estimate of drug-likeness (QED) is 0.772. The van der Waals surface area contributed by atoms with Crippen LogP contribution in [0.2, 0.25) is 0 Å². The van der Waals surface area contributed by atoms with Crippen molar-refractivity contribution in [2.75, 3.05) is 20.1 Å². The van der Waals surface area contributed by atoms with Crippen molar-refractivity contribution < 1.29 is 9.84 Å². The van der Waals surface area contributed by atoms with Crippen LogP contribution in [0.5, 0.6) is 11.5 Å². The zero-order valence-electron chi connectivity index (χ0n) is 8.31. The molecule has 0 bridgehead atoms. The zero-order valence-corrected chi connectivity index (χ0v) is 8.31. The normalized spacial score (nSPS) is 22.5. The van der Waals surface area contributed by atoms with Crippen LogP contribution >= 0.6 is 0 Å². The fourth-order valence-electron chi connectivity index (χ4n) is 1.74. The lowest BCUT2D eigenvalue weighted by Crippen LogP contribution is -2.21. The van der Waals surface area contributed by atoms with Gasteiger partial charge in [-0.15, -0.1) is 0 Å². The lowest BCUT2D eigenvalue weighted by atomic mass is 10.3. The van der Waals surface area contributed by atoms with Gasteiger partial charge in [-0.2, -0.15) is 0 Å². The first-order chi connectivity index (χ1) is 6.74. The Bertz CT molecular complexity index is 314. The second kappa shape index (κ2) is 3.88. The summed E-state index contributed by atoms with van der Waals surface area (Å²) in [7, 11) is 2.09. The number of likely N-dealkylation sites (tertiary alicyclic amines) is 1. The Morgan fingerprint density at radius 1 is 1.50 bits per heavy atom. The summed E-state index contributed by atoms with van der Waals surface area (Å²) in [6.07, 6.45) is 1.33. The summed E-state index contributed by atoms with van der Waals surface area (Å²) in [5.41, 5.74) is 0. The van der Waals surface area contributed by atoms with Gasteiger partial charge in [-0.05, 0) is 25.6 Å². The van der Waals surface area contributed by atoms with Crippen molar-refractivity contribution in [2.24, 2.45) is 0 Å². The number of ether oxygens (including phenoxy) is 1. The molecule has 0 radical (unpaired) electrons. The van der Waals surface area contributed by atoms with Crippen LogP contribution in [0.15, 0.2) is 24.3 Å². The van der Waals surface area contributed by atoms with E-state index in [1.807, 2.05) is 6.07 Å². The van der Waals surface area contributed by atoms with E-state index in [1.165, 1.54) is 0 Å². The highest BCUT2D eigenvalue weighted by Gasteiger charge is 2.20. The van der Waals surface area contributed by atoms with Gasteiger partial charge in [-0.3, -0.25) is 0 Å². The van der Waals surface area contributed by atoms with Gasteiger partial charge in [0.1, 0.15) is 17.6 Å². The van der Waals surface area contributed by atoms with Crippen molar-refractivity contribution in [3.05, 3.63) is 24.3 Å². The number of benzene rings is 1. The monoisotopic (exact) mass is 193 g/mol. The standard InChI is InChI=1S/C11H15NO2/c1-12-6-5-11(8-12)14-10-4-2-3-9(13)7-10/h2-4,7,11,13H,5-6,8H2,1H3. The zero-order chi connectivity index (χ0) is 9.97. The molecule has 3 nitrogen and oxygen atoms in total. The minimum atomic E-state index is 0.258. The minimum Gasteiger partial charge on any atom is -0.508 e. The van der Waals surface area contributed by atoms with Gasteiger partial charge < -0.3 is 14.7 Å². The molecule has 0 spiro atoms. The molecule has 76 valence electrons. The third-order valence-corrected chi connectivity index (χ3v) is 2.47. The molecule has 0 saturated carbocycles. The smallest absolute Gasteiger partial charge is 0.123 e. The summed E-state index contributed by atoms with van der Waals surface area (Å²) >= 11 is 0. The summed E-state index contributed by atoms with van der Waals surface area (Å²) in [6.45, 7) is 2.05. The van der Waals surface area contributed by atoms with Gasteiger partial charge in [0.05, 0.1) is 0 Å². The van der Waals surface area contributed by atoms with E-state index in [4.69, 9.17) is 4.74 Å². The number of nitrogens with zero attached hydrogens (tertiary/aromatic N) is 1. The van der Waals surface area contributed by atoms with Crippen LogP contribution in [0.1, 0.15) is 6.42 Å². The number of aromatic hydroxyl groups is 1. The fraction of sp³-hybridized carbons (Fsp3) is 0.455. The summed E-state index contributed by atoms with van der Waals surface area (Å²) in [5.74, 6) is 1.01. The molecule has 0 aliphatic carbocycles. The number of rotatable bonds is 2. The van der Waals surface area contributed by atoms with Crippen LogP contribution in [-0.2, 0) is 0 Å². The molecule has 3 heteroatoms. The van der Waals surface area contributed by atoms with Crippen molar-refractivity contribution in [3.63, 3.8) is 0 Å². The first-order valence-corrected chi connectivity index (χ1v) is 4.88. The molecule has 1 N–H and O–H groups in total. The van der Waals surface area contributed by atoms with E-state index in [9.17, 15) is 5.11 Å². The van der Waals surface area contributed by atoms with Crippen LogP contribution in [0.25, 0.3) is 0 Å². The van der Waals surface area contributed by atoms with E-state index >= 15 is 0 Å². The van der Waals surface area contributed by atoms with Gasteiger partial charge in [-0.25, -0.2) is 0 Å². The topological polar surface area (TPSA) is 32.7 Å². The van der Waals surface area contributed by atoms with E-state index in [-0.39, 0.29) is 11.9 Å². The molecule has 1 heterocycles. The number of likely N-dealkylation sites (N-methyl/N-ethyl adjacent to an activating group) is 1. The van der Waals surface area contributed by atoms with Crippen molar-refractivity contribution >= 4 is 0 Å². The molecular weight excluding hydrogens is 178 g/mol. The number of phenolic OH excluding ortho intramolecular Hbond substituents is 1. The largest absolute Gasteiger partial charge is 0.508 e. The third-order valence-electron chi connectivity index (χ3n) is 2.47. The average Bonchev–Trinajstić information content (AvgIpc) is 2.51. The van der Waals surface area contributed by atoms with Gasteiger partial charge >= 0.3 is 0 Å². The van der Waals surface area contributed by atoms with E-state index in [0.717, 1.165) is 25.3 Å². The highest BCUT2D eigenvalue weighted by Crippen LogP contribution is 2.21. The molecule has 1 saturated heterocycles. The van der Waals surface area contributed by atoms with Crippen LogP contribution < -0.4 is 4.74 Å². The summed E-state index contributed by atoms with van der Waals surface area (Å²) < 4.78 is 5.72. The first kappa shape index (κ1) is 9.34. The lowest BCUT2D eigenvalue weighted by Gasteiger charge is -2.13. The maximum Gasteiger partial charge on any atom is 0.123 e. The number of phenols is 1. The molecule has 1 aliphatic rings. The highest BCUT2D eigenvalue weighted by atomic mass is 16.5.